The SMILES string of the molecule is CCCNC(=O)[C@@H](NC(=O)c1cccs1)C1CCN(C(=O)c2ccc(F)cc2)CC1. The Morgan fingerprint density at radius 1 is 1.17 bits per heavy atom. The van der Waals surface area contributed by atoms with E-state index in [9.17, 15) is 18.8 Å². The maximum Gasteiger partial charge on any atom is 0.262 e. The first-order valence-electron chi connectivity index (χ1n) is 10.2. The summed E-state index contributed by atoms with van der Waals surface area (Å²) < 4.78 is 13.1. The number of likely N-dealkylation sites (tertiary alicyclic amines) is 1. The van der Waals surface area contributed by atoms with Crippen molar-refractivity contribution in [3.8, 4) is 0 Å². The number of nitrogens with zero attached hydrogens (tertiary/aromatic N) is 1. The number of carbonyl (C=O) groups excluding carboxylic acids is 3. The molecule has 0 unspecified atom stereocenters. The van der Waals surface area contributed by atoms with Crippen LogP contribution in [0.4, 0.5) is 4.39 Å². The molecule has 1 aromatic heterocycles. The minimum atomic E-state index is -0.644. The van der Waals surface area contributed by atoms with Gasteiger partial charge in [0.15, 0.2) is 0 Å². The second-order valence-electron chi connectivity index (χ2n) is 7.36. The Balaban J connectivity index is 1.64. The predicted molar refractivity (Wildman–Crippen MR) is 114 cm³/mol. The molecule has 2 N–H and O–H groups in total. The van der Waals surface area contributed by atoms with Crippen LogP contribution in [-0.4, -0.2) is 48.3 Å². The molecular weight excluding hydrogens is 405 g/mol. The molecule has 0 saturated carbocycles. The van der Waals surface area contributed by atoms with Gasteiger partial charge in [-0.1, -0.05) is 13.0 Å². The Morgan fingerprint density at radius 3 is 2.47 bits per heavy atom. The minimum absolute atomic E-state index is 0.0666. The van der Waals surface area contributed by atoms with Crippen LogP contribution < -0.4 is 10.6 Å². The second-order valence-corrected chi connectivity index (χ2v) is 8.30. The lowest BCUT2D eigenvalue weighted by atomic mass is 9.88. The molecule has 30 heavy (non-hydrogen) atoms. The molecule has 1 aliphatic heterocycles. The zero-order valence-electron chi connectivity index (χ0n) is 16.9. The summed E-state index contributed by atoms with van der Waals surface area (Å²) in [7, 11) is 0. The van der Waals surface area contributed by atoms with Gasteiger partial charge >= 0.3 is 0 Å². The van der Waals surface area contributed by atoms with Gasteiger partial charge in [-0.25, -0.2) is 4.39 Å². The number of benzene rings is 1. The number of rotatable bonds is 7. The number of nitrogens with one attached hydrogen (secondary N) is 2. The monoisotopic (exact) mass is 431 g/mol. The van der Waals surface area contributed by atoms with Gasteiger partial charge in [0.25, 0.3) is 11.8 Å². The molecule has 2 heterocycles. The third-order valence-corrected chi connectivity index (χ3v) is 6.12. The summed E-state index contributed by atoms with van der Waals surface area (Å²) in [6.45, 7) is 3.48. The first kappa shape index (κ1) is 22.0. The number of piperidine rings is 1. The van der Waals surface area contributed by atoms with Crippen LogP contribution in [0.2, 0.25) is 0 Å². The highest BCUT2D eigenvalue weighted by molar-refractivity contribution is 7.12. The summed E-state index contributed by atoms with van der Waals surface area (Å²) >= 11 is 1.33. The summed E-state index contributed by atoms with van der Waals surface area (Å²) in [6, 6.07) is 8.38. The number of hydrogen-bond acceptors (Lipinski definition) is 4. The quantitative estimate of drug-likeness (QED) is 0.707. The lowest BCUT2D eigenvalue weighted by molar-refractivity contribution is -0.124. The number of thiophene rings is 1. The van der Waals surface area contributed by atoms with Crippen LogP contribution in [0.3, 0.4) is 0 Å². The molecule has 6 nitrogen and oxygen atoms in total. The molecule has 160 valence electrons. The highest BCUT2D eigenvalue weighted by Crippen LogP contribution is 2.23. The molecule has 0 spiro atoms. The molecule has 2 aromatic rings. The number of amides is 3. The fraction of sp³-hybridized carbons (Fsp3) is 0.409. The molecular formula is C22H26FN3O3S. The lowest BCUT2D eigenvalue weighted by Crippen LogP contribution is -2.53. The molecule has 0 radical (unpaired) electrons. The number of carbonyl (C=O) groups is 3. The Labute approximate surface area is 179 Å². The highest BCUT2D eigenvalue weighted by Gasteiger charge is 2.34. The molecule has 0 aliphatic carbocycles. The Bertz CT molecular complexity index is 862. The summed E-state index contributed by atoms with van der Waals surface area (Å²) in [5.74, 6) is -1.05. The molecule has 8 heteroatoms. The highest BCUT2D eigenvalue weighted by atomic mass is 32.1. The Hall–Kier alpha value is -2.74. The molecule has 1 aromatic carbocycles. The van der Waals surface area contributed by atoms with Crippen molar-refractivity contribution in [3.05, 3.63) is 58.0 Å². The van der Waals surface area contributed by atoms with Crippen molar-refractivity contribution < 1.29 is 18.8 Å². The van der Waals surface area contributed by atoms with Crippen LogP contribution in [0.15, 0.2) is 41.8 Å². The van der Waals surface area contributed by atoms with E-state index in [2.05, 4.69) is 10.6 Å². The smallest absolute Gasteiger partial charge is 0.262 e. The molecule has 1 fully saturated rings. The zero-order valence-corrected chi connectivity index (χ0v) is 17.7. The summed E-state index contributed by atoms with van der Waals surface area (Å²) in [6.07, 6.45) is 2.01. The number of hydrogen-bond donors (Lipinski definition) is 2. The minimum Gasteiger partial charge on any atom is -0.354 e. The average molecular weight is 432 g/mol. The molecule has 0 bridgehead atoms. The fourth-order valence-corrected chi connectivity index (χ4v) is 4.21. The summed E-state index contributed by atoms with van der Waals surface area (Å²) in [5.41, 5.74) is 0.443. The summed E-state index contributed by atoms with van der Waals surface area (Å²) in [5, 5.41) is 7.59. The third-order valence-electron chi connectivity index (χ3n) is 5.25. The topological polar surface area (TPSA) is 78.5 Å². The molecule has 3 rings (SSSR count). The third kappa shape index (κ3) is 5.44. The van der Waals surface area contributed by atoms with Gasteiger partial charge < -0.3 is 15.5 Å². The molecule has 3 amide bonds. The van der Waals surface area contributed by atoms with Crippen LogP contribution in [0.25, 0.3) is 0 Å². The van der Waals surface area contributed by atoms with E-state index in [1.54, 1.807) is 17.0 Å². The maximum atomic E-state index is 13.1. The van der Waals surface area contributed by atoms with Gasteiger partial charge in [-0.05, 0) is 60.9 Å². The number of halogens is 1. The van der Waals surface area contributed by atoms with Crippen molar-refractivity contribution in [2.75, 3.05) is 19.6 Å². The average Bonchev–Trinajstić information content (AvgIpc) is 3.31. The van der Waals surface area contributed by atoms with E-state index in [1.165, 1.54) is 35.6 Å². The van der Waals surface area contributed by atoms with Crippen LogP contribution in [0, 0.1) is 11.7 Å². The van der Waals surface area contributed by atoms with Gasteiger partial charge in [0.05, 0.1) is 4.88 Å². The van der Waals surface area contributed by atoms with E-state index in [0.29, 0.717) is 42.9 Å². The predicted octanol–water partition coefficient (Wildman–Crippen LogP) is 3.06. The fourth-order valence-electron chi connectivity index (χ4n) is 3.59. The summed E-state index contributed by atoms with van der Waals surface area (Å²) in [4.78, 5) is 40.2. The van der Waals surface area contributed by atoms with Crippen LogP contribution >= 0.6 is 11.3 Å². The van der Waals surface area contributed by atoms with Crippen molar-refractivity contribution in [2.24, 2.45) is 5.92 Å². The largest absolute Gasteiger partial charge is 0.354 e. The van der Waals surface area contributed by atoms with Crippen molar-refractivity contribution in [2.45, 2.75) is 32.2 Å². The van der Waals surface area contributed by atoms with E-state index in [-0.39, 0.29) is 29.5 Å². The normalized spacial score (nSPS) is 15.5. The molecule has 1 atom stereocenters. The van der Waals surface area contributed by atoms with Crippen LogP contribution in [0.1, 0.15) is 46.2 Å². The van der Waals surface area contributed by atoms with Gasteiger partial charge in [0.1, 0.15) is 11.9 Å². The second kappa shape index (κ2) is 10.3. The first-order valence-corrected chi connectivity index (χ1v) is 11.0. The van der Waals surface area contributed by atoms with E-state index < -0.39 is 6.04 Å². The van der Waals surface area contributed by atoms with Gasteiger partial charge in [-0.2, -0.15) is 0 Å². The maximum absolute atomic E-state index is 13.1. The van der Waals surface area contributed by atoms with E-state index in [4.69, 9.17) is 0 Å². The van der Waals surface area contributed by atoms with E-state index in [0.717, 1.165) is 6.42 Å². The molecule has 1 aliphatic rings. The Kier molecular flexibility index (Phi) is 7.57. The zero-order chi connectivity index (χ0) is 21.5. The van der Waals surface area contributed by atoms with Gasteiger partial charge in [-0.3, -0.25) is 14.4 Å². The van der Waals surface area contributed by atoms with Crippen molar-refractivity contribution in [1.82, 2.24) is 15.5 Å². The van der Waals surface area contributed by atoms with Crippen molar-refractivity contribution in [3.63, 3.8) is 0 Å². The Morgan fingerprint density at radius 2 is 1.87 bits per heavy atom. The van der Waals surface area contributed by atoms with E-state index in [1.807, 2.05) is 12.3 Å². The molecule has 1 saturated heterocycles. The van der Waals surface area contributed by atoms with Gasteiger partial charge in [0, 0.05) is 25.2 Å². The van der Waals surface area contributed by atoms with Crippen LogP contribution in [0.5, 0.6) is 0 Å². The van der Waals surface area contributed by atoms with Crippen LogP contribution in [-0.2, 0) is 4.79 Å². The lowest BCUT2D eigenvalue weighted by Gasteiger charge is -2.35. The van der Waals surface area contributed by atoms with E-state index >= 15 is 0 Å². The first-order chi connectivity index (χ1) is 14.5. The van der Waals surface area contributed by atoms with Crippen molar-refractivity contribution >= 4 is 29.1 Å². The standard InChI is InChI=1S/C22H26FN3O3S/c1-2-11-24-21(28)19(25-20(27)18-4-3-14-30-18)15-9-12-26(13-10-15)22(29)16-5-7-17(23)8-6-16/h3-8,14-15,19H,2,9-13H2,1H3,(H,24,28)(H,25,27)/t19-/m0/s1. The van der Waals surface area contributed by atoms with Gasteiger partial charge in [-0.15, -0.1) is 11.3 Å². The van der Waals surface area contributed by atoms with Crippen molar-refractivity contribution in [1.29, 1.82) is 0 Å². The van der Waals surface area contributed by atoms with Gasteiger partial charge in [0.2, 0.25) is 5.91 Å².